The highest BCUT2D eigenvalue weighted by molar-refractivity contribution is 8.06. The standard InChI is InChI=1S/C8H8N2OS/c9-8(11)6-5-12-7-3-1-2-4-10(6)7/h1-3,5H,4H2,(H2,9,11). The van der Waals surface area contributed by atoms with Crippen LogP contribution in [0.4, 0.5) is 0 Å². The second-order valence-electron chi connectivity index (χ2n) is 2.53. The highest BCUT2D eigenvalue weighted by Gasteiger charge is 2.24. The Kier molecular flexibility index (Phi) is 1.69. The van der Waals surface area contributed by atoms with Gasteiger partial charge in [-0.2, -0.15) is 0 Å². The lowest BCUT2D eigenvalue weighted by atomic mass is 10.3. The van der Waals surface area contributed by atoms with Gasteiger partial charge in [0.1, 0.15) is 5.70 Å². The molecular formula is C8H8N2OS. The maximum absolute atomic E-state index is 10.9. The number of hydrogen-bond acceptors (Lipinski definition) is 3. The zero-order chi connectivity index (χ0) is 8.55. The summed E-state index contributed by atoms with van der Waals surface area (Å²) < 4.78 is 0. The Bertz CT molecular complexity index is 317. The van der Waals surface area contributed by atoms with Gasteiger partial charge in [0, 0.05) is 12.0 Å². The number of amides is 1. The van der Waals surface area contributed by atoms with Crippen molar-refractivity contribution >= 4 is 17.7 Å². The van der Waals surface area contributed by atoms with E-state index in [9.17, 15) is 4.79 Å². The van der Waals surface area contributed by atoms with Crippen molar-refractivity contribution < 1.29 is 4.79 Å². The van der Waals surface area contributed by atoms with Crippen molar-refractivity contribution in [2.24, 2.45) is 5.73 Å². The molecule has 1 amide bonds. The van der Waals surface area contributed by atoms with E-state index in [-0.39, 0.29) is 5.91 Å². The molecule has 0 aromatic rings. The molecule has 2 aliphatic heterocycles. The van der Waals surface area contributed by atoms with Crippen LogP contribution in [0.25, 0.3) is 0 Å². The summed E-state index contributed by atoms with van der Waals surface area (Å²) in [6.45, 7) is 0.744. The van der Waals surface area contributed by atoms with Crippen LogP contribution in [0.5, 0.6) is 0 Å². The van der Waals surface area contributed by atoms with E-state index < -0.39 is 0 Å². The van der Waals surface area contributed by atoms with E-state index in [1.807, 2.05) is 23.1 Å². The first-order chi connectivity index (χ1) is 5.79. The molecule has 0 radical (unpaired) electrons. The van der Waals surface area contributed by atoms with Gasteiger partial charge >= 0.3 is 0 Å². The zero-order valence-corrected chi connectivity index (χ0v) is 7.17. The normalized spacial score (nSPS) is 20.2. The molecule has 62 valence electrons. The number of rotatable bonds is 1. The largest absolute Gasteiger partial charge is 0.364 e. The van der Waals surface area contributed by atoms with Crippen LogP contribution in [0.15, 0.2) is 34.4 Å². The number of nitrogens with two attached hydrogens (primary N) is 1. The molecular weight excluding hydrogens is 172 g/mol. The van der Waals surface area contributed by atoms with Gasteiger partial charge in [0.2, 0.25) is 0 Å². The molecule has 2 N–H and O–H groups in total. The minimum atomic E-state index is -0.360. The molecule has 0 aromatic heterocycles. The summed E-state index contributed by atoms with van der Waals surface area (Å²) >= 11 is 1.54. The summed E-state index contributed by atoms with van der Waals surface area (Å²) in [5, 5.41) is 2.87. The summed E-state index contributed by atoms with van der Waals surface area (Å²) in [7, 11) is 0. The Hall–Kier alpha value is -1.16. The van der Waals surface area contributed by atoms with Crippen LogP contribution in [0.2, 0.25) is 0 Å². The van der Waals surface area contributed by atoms with E-state index in [0.717, 1.165) is 11.6 Å². The van der Waals surface area contributed by atoms with Gasteiger partial charge < -0.3 is 10.6 Å². The molecule has 0 atom stereocenters. The number of carbonyl (C=O) groups is 1. The number of thioether (sulfide) groups is 1. The average molecular weight is 180 g/mol. The Balaban J connectivity index is 2.28. The van der Waals surface area contributed by atoms with E-state index in [1.54, 1.807) is 5.41 Å². The molecule has 0 saturated heterocycles. The quantitative estimate of drug-likeness (QED) is 0.648. The predicted molar refractivity (Wildman–Crippen MR) is 48.8 cm³/mol. The fourth-order valence-electron chi connectivity index (χ4n) is 1.19. The van der Waals surface area contributed by atoms with Gasteiger partial charge in [-0.05, 0) is 6.08 Å². The van der Waals surface area contributed by atoms with Crippen LogP contribution in [0.1, 0.15) is 0 Å². The molecule has 3 nitrogen and oxygen atoms in total. The summed E-state index contributed by atoms with van der Waals surface area (Å²) in [4.78, 5) is 12.8. The highest BCUT2D eigenvalue weighted by atomic mass is 32.2. The van der Waals surface area contributed by atoms with Gasteiger partial charge in [-0.1, -0.05) is 23.9 Å². The minimum absolute atomic E-state index is 0.360. The molecule has 0 bridgehead atoms. The monoisotopic (exact) mass is 180 g/mol. The topological polar surface area (TPSA) is 46.3 Å². The molecule has 4 heteroatoms. The molecule has 12 heavy (non-hydrogen) atoms. The fourth-order valence-corrected chi connectivity index (χ4v) is 2.12. The van der Waals surface area contributed by atoms with Gasteiger partial charge in [0.25, 0.3) is 5.91 Å². The van der Waals surface area contributed by atoms with Crippen LogP contribution in [0.3, 0.4) is 0 Å². The van der Waals surface area contributed by atoms with Crippen molar-refractivity contribution in [1.29, 1.82) is 0 Å². The first kappa shape index (κ1) is 7.49. The van der Waals surface area contributed by atoms with E-state index >= 15 is 0 Å². The van der Waals surface area contributed by atoms with Crippen molar-refractivity contribution in [2.75, 3.05) is 6.54 Å². The first-order valence-corrected chi connectivity index (χ1v) is 4.48. The molecule has 2 rings (SSSR count). The van der Waals surface area contributed by atoms with E-state index in [4.69, 9.17) is 5.73 Å². The van der Waals surface area contributed by atoms with Crippen LogP contribution in [-0.4, -0.2) is 17.4 Å². The maximum atomic E-state index is 10.9. The van der Waals surface area contributed by atoms with Crippen LogP contribution >= 0.6 is 11.8 Å². The molecule has 2 heterocycles. The van der Waals surface area contributed by atoms with Crippen molar-refractivity contribution in [1.82, 2.24) is 4.90 Å². The summed E-state index contributed by atoms with van der Waals surface area (Å²) in [5.74, 6) is -0.360. The van der Waals surface area contributed by atoms with Gasteiger partial charge in [-0.15, -0.1) is 0 Å². The van der Waals surface area contributed by atoms with Crippen LogP contribution in [-0.2, 0) is 4.79 Å². The van der Waals surface area contributed by atoms with E-state index in [1.165, 1.54) is 11.8 Å². The Labute approximate surface area is 74.6 Å². The second-order valence-corrected chi connectivity index (χ2v) is 3.42. The van der Waals surface area contributed by atoms with E-state index in [0.29, 0.717) is 5.70 Å². The third-order valence-corrected chi connectivity index (χ3v) is 2.70. The Morgan fingerprint density at radius 2 is 2.50 bits per heavy atom. The fraction of sp³-hybridized carbons (Fsp3) is 0.125. The number of nitrogens with zero attached hydrogens (tertiary/aromatic N) is 1. The summed E-state index contributed by atoms with van der Waals surface area (Å²) in [6, 6.07) is 0. The van der Waals surface area contributed by atoms with Crippen molar-refractivity contribution in [2.45, 2.75) is 0 Å². The smallest absolute Gasteiger partial charge is 0.265 e. The van der Waals surface area contributed by atoms with Crippen molar-refractivity contribution in [3.05, 3.63) is 34.4 Å². The third kappa shape index (κ3) is 1.04. The van der Waals surface area contributed by atoms with Crippen molar-refractivity contribution in [3.63, 3.8) is 0 Å². The van der Waals surface area contributed by atoms with Crippen molar-refractivity contribution in [3.8, 4) is 0 Å². The van der Waals surface area contributed by atoms with Gasteiger partial charge in [0.05, 0.1) is 5.03 Å². The minimum Gasteiger partial charge on any atom is -0.364 e. The third-order valence-electron chi connectivity index (χ3n) is 1.76. The lowest BCUT2D eigenvalue weighted by molar-refractivity contribution is -0.115. The summed E-state index contributed by atoms with van der Waals surface area (Å²) in [6.07, 6.45) is 5.95. The van der Waals surface area contributed by atoms with Crippen LogP contribution < -0.4 is 5.73 Å². The number of fused-ring (bicyclic) bond motifs is 1. The molecule has 0 aliphatic carbocycles. The molecule has 0 aromatic carbocycles. The number of allylic oxidation sites excluding steroid dienone is 2. The Morgan fingerprint density at radius 1 is 1.67 bits per heavy atom. The number of carbonyl (C=O) groups excluding carboxylic acids is 1. The van der Waals surface area contributed by atoms with Gasteiger partial charge in [-0.25, -0.2) is 0 Å². The number of hydrogen-bond donors (Lipinski definition) is 1. The molecule has 0 spiro atoms. The SMILES string of the molecule is NC(=O)C1=CSC2=CC=CCN21. The molecule has 0 saturated carbocycles. The summed E-state index contributed by atoms with van der Waals surface area (Å²) in [5.41, 5.74) is 5.78. The van der Waals surface area contributed by atoms with Gasteiger partial charge in [0.15, 0.2) is 0 Å². The maximum Gasteiger partial charge on any atom is 0.265 e. The van der Waals surface area contributed by atoms with E-state index in [2.05, 4.69) is 0 Å². The second kappa shape index (κ2) is 2.71. The number of primary amides is 1. The lowest BCUT2D eigenvalue weighted by Gasteiger charge is -2.21. The highest BCUT2D eigenvalue weighted by Crippen LogP contribution is 2.35. The molecule has 0 fully saturated rings. The zero-order valence-electron chi connectivity index (χ0n) is 6.36. The molecule has 0 unspecified atom stereocenters. The Morgan fingerprint density at radius 3 is 3.25 bits per heavy atom. The predicted octanol–water partition coefficient (Wildman–Crippen LogP) is 0.773. The van der Waals surface area contributed by atoms with Gasteiger partial charge in [-0.3, -0.25) is 4.79 Å². The van der Waals surface area contributed by atoms with Crippen LogP contribution in [0, 0.1) is 0 Å². The molecule has 2 aliphatic rings. The average Bonchev–Trinajstić information content (AvgIpc) is 2.47. The first-order valence-electron chi connectivity index (χ1n) is 3.60. The lowest BCUT2D eigenvalue weighted by Crippen LogP contribution is -2.28.